The molecule has 2 heterocycles. The molecular weight excluding hydrogens is 261 g/mol. The number of aromatic amines is 1. The Kier molecular flexibility index (Phi) is 3.76. The molecule has 9 heteroatoms. The van der Waals surface area contributed by atoms with Crippen LogP contribution < -0.4 is 11.2 Å². The van der Waals surface area contributed by atoms with Gasteiger partial charge in [0, 0.05) is 12.3 Å². The van der Waals surface area contributed by atoms with Crippen LogP contribution in [0.1, 0.15) is 6.23 Å². The Morgan fingerprint density at radius 2 is 2.37 bits per heavy atom. The second-order valence-electron chi connectivity index (χ2n) is 3.82. The highest BCUT2D eigenvalue weighted by Crippen LogP contribution is 2.28. The summed E-state index contributed by atoms with van der Waals surface area (Å²) in [6, 6.07) is 1.07. The van der Waals surface area contributed by atoms with Gasteiger partial charge in [0.2, 0.25) is 0 Å². The molecule has 0 radical (unpaired) electrons. The van der Waals surface area contributed by atoms with Gasteiger partial charge in [-0.15, -0.1) is 0 Å². The van der Waals surface area contributed by atoms with E-state index in [1.54, 1.807) is 0 Å². The molecule has 3 atom stereocenters. The number of nitrogens with zero attached hydrogens (tertiary/aromatic N) is 2. The third kappa shape index (κ3) is 2.42. The molecule has 19 heavy (non-hydrogen) atoms. The molecule has 8 nitrogen and oxygen atoms in total. The van der Waals surface area contributed by atoms with E-state index >= 15 is 0 Å². The van der Waals surface area contributed by atoms with Crippen molar-refractivity contribution in [1.29, 1.82) is 0 Å². The van der Waals surface area contributed by atoms with Crippen LogP contribution in [0.25, 0.3) is 0 Å². The van der Waals surface area contributed by atoms with E-state index in [2.05, 4.69) is 9.99 Å². The van der Waals surface area contributed by atoms with Crippen LogP contribution in [0.3, 0.4) is 0 Å². The first kappa shape index (κ1) is 13.4. The summed E-state index contributed by atoms with van der Waals surface area (Å²) in [7, 11) is 1.23. The summed E-state index contributed by atoms with van der Waals surface area (Å²) in [4.78, 5) is 29.0. The topological polar surface area (TPSA) is 106 Å². The standard InChI is InChI=1S/C10H12FN3O5/c1-18-13-8-5(4-15)19-9(7(8)11)14-3-2-6(16)12-10(14)17/h2-3,5,7,9,15H,4H2,1H3,(H,12,16,17)/b13-8-/t5-,7-,9-/m1/s1. The maximum atomic E-state index is 14.1. The Balaban J connectivity index is 2.39. The van der Waals surface area contributed by atoms with Gasteiger partial charge in [-0.2, -0.15) is 0 Å². The van der Waals surface area contributed by atoms with Crippen LogP contribution >= 0.6 is 0 Å². The molecule has 1 saturated heterocycles. The Hall–Kier alpha value is -2.00. The van der Waals surface area contributed by atoms with Gasteiger partial charge in [-0.05, 0) is 0 Å². The Morgan fingerprint density at radius 1 is 1.63 bits per heavy atom. The molecular formula is C10H12FN3O5. The number of H-pyrrole nitrogens is 1. The fourth-order valence-corrected chi connectivity index (χ4v) is 1.82. The van der Waals surface area contributed by atoms with Crippen LogP contribution in [0.4, 0.5) is 4.39 Å². The van der Waals surface area contributed by atoms with Gasteiger partial charge in [0.05, 0.1) is 6.61 Å². The number of hydrogen-bond donors (Lipinski definition) is 2. The summed E-state index contributed by atoms with van der Waals surface area (Å²) in [5.74, 6) is 0. The van der Waals surface area contributed by atoms with Crippen LogP contribution in [0, 0.1) is 0 Å². The van der Waals surface area contributed by atoms with Crippen molar-refractivity contribution in [2.24, 2.45) is 5.16 Å². The van der Waals surface area contributed by atoms with Gasteiger partial charge in [0.1, 0.15) is 18.9 Å². The van der Waals surface area contributed by atoms with Crippen molar-refractivity contribution in [3.63, 3.8) is 0 Å². The molecule has 0 bridgehead atoms. The minimum absolute atomic E-state index is 0.145. The van der Waals surface area contributed by atoms with E-state index in [0.717, 1.165) is 16.8 Å². The first-order valence-corrected chi connectivity index (χ1v) is 5.41. The molecule has 0 spiro atoms. The highest BCUT2D eigenvalue weighted by Gasteiger charge is 2.43. The zero-order valence-electron chi connectivity index (χ0n) is 9.95. The Labute approximate surface area is 106 Å². The maximum absolute atomic E-state index is 14.1. The second-order valence-corrected chi connectivity index (χ2v) is 3.82. The smallest absolute Gasteiger partial charge is 0.330 e. The van der Waals surface area contributed by atoms with E-state index in [1.807, 2.05) is 4.98 Å². The summed E-state index contributed by atoms with van der Waals surface area (Å²) >= 11 is 0. The van der Waals surface area contributed by atoms with Gasteiger partial charge in [-0.3, -0.25) is 14.3 Å². The zero-order chi connectivity index (χ0) is 14.0. The minimum Gasteiger partial charge on any atom is -0.399 e. The van der Waals surface area contributed by atoms with Gasteiger partial charge < -0.3 is 14.7 Å². The van der Waals surface area contributed by atoms with Gasteiger partial charge in [0.25, 0.3) is 5.56 Å². The largest absolute Gasteiger partial charge is 0.399 e. The fourth-order valence-electron chi connectivity index (χ4n) is 1.82. The number of oxime groups is 1. The SMILES string of the molecule is CO/N=C1\[C@@H](F)[C@H](n2ccc(=O)[nH]c2=O)O[C@@H]1CO. The highest BCUT2D eigenvalue weighted by molar-refractivity contribution is 5.94. The number of nitrogens with one attached hydrogen (secondary N) is 1. The molecule has 0 amide bonds. The van der Waals surface area contributed by atoms with Gasteiger partial charge in [0.15, 0.2) is 12.4 Å². The first-order valence-electron chi connectivity index (χ1n) is 5.41. The van der Waals surface area contributed by atoms with Crippen molar-refractivity contribution in [1.82, 2.24) is 9.55 Å². The third-order valence-electron chi connectivity index (χ3n) is 2.65. The van der Waals surface area contributed by atoms with E-state index in [-0.39, 0.29) is 5.71 Å². The van der Waals surface area contributed by atoms with Crippen molar-refractivity contribution < 1.29 is 19.1 Å². The molecule has 0 saturated carbocycles. The molecule has 1 fully saturated rings. The predicted molar refractivity (Wildman–Crippen MR) is 61.7 cm³/mol. The molecule has 1 aliphatic rings. The Bertz CT molecular complexity index is 595. The summed E-state index contributed by atoms with van der Waals surface area (Å²) in [5.41, 5.74) is -1.55. The summed E-state index contributed by atoms with van der Waals surface area (Å²) in [5, 5.41) is 12.5. The molecule has 1 aromatic heterocycles. The quantitative estimate of drug-likeness (QED) is 0.670. The number of hydrogen-bond acceptors (Lipinski definition) is 6. The predicted octanol–water partition coefficient (Wildman–Crippen LogP) is -1.23. The fraction of sp³-hybridized carbons (Fsp3) is 0.500. The number of rotatable bonds is 3. The second kappa shape index (κ2) is 5.33. The monoisotopic (exact) mass is 273 g/mol. The van der Waals surface area contributed by atoms with Crippen LogP contribution in [-0.4, -0.2) is 46.4 Å². The number of halogens is 1. The van der Waals surface area contributed by atoms with Gasteiger partial charge >= 0.3 is 5.69 Å². The number of ether oxygens (including phenoxy) is 1. The first-order chi connectivity index (χ1) is 9.08. The number of aromatic nitrogens is 2. The molecule has 0 aliphatic carbocycles. The molecule has 0 aromatic carbocycles. The summed E-state index contributed by atoms with van der Waals surface area (Å²) in [6.45, 7) is -0.503. The van der Waals surface area contributed by atoms with Crippen LogP contribution in [0.15, 0.2) is 27.0 Å². The maximum Gasteiger partial charge on any atom is 0.330 e. The minimum atomic E-state index is -1.76. The molecule has 0 unspecified atom stereocenters. The van der Waals surface area contributed by atoms with Crippen LogP contribution in [-0.2, 0) is 9.57 Å². The molecule has 1 aliphatic heterocycles. The lowest BCUT2D eigenvalue weighted by atomic mass is 10.2. The van der Waals surface area contributed by atoms with Crippen molar-refractivity contribution in [3.8, 4) is 0 Å². The van der Waals surface area contributed by atoms with E-state index in [4.69, 9.17) is 9.84 Å². The summed E-state index contributed by atoms with van der Waals surface area (Å²) in [6.07, 6.45) is -2.96. The van der Waals surface area contributed by atoms with Crippen molar-refractivity contribution in [3.05, 3.63) is 33.1 Å². The van der Waals surface area contributed by atoms with E-state index < -0.39 is 36.4 Å². The average Bonchev–Trinajstić information content (AvgIpc) is 2.68. The average molecular weight is 273 g/mol. The van der Waals surface area contributed by atoms with E-state index in [0.29, 0.717) is 0 Å². The summed E-state index contributed by atoms with van der Waals surface area (Å²) < 4.78 is 20.2. The lowest BCUT2D eigenvalue weighted by Crippen LogP contribution is -2.34. The zero-order valence-corrected chi connectivity index (χ0v) is 9.95. The number of aliphatic hydroxyl groups is 1. The molecule has 2 rings (SSSR count). The lowest BCUT2D eigenvalue weighted by molar-refractivity contribution is -0.0365. The van der Waals surface area contributed by atoms with Crippen LogP contribution in [0.5, 0.6) is 0 Å². The molecule has 2 N–H and O–H groups in total. The van der Waals surface area contributed by atoms with E-state index in [1.165, 1.54) is 7.11 Å². The lowest BCUT2D eigenvalue weighted by Gasteiger charge is -2.14. The number of aliphatic hydroxyl groups excluding tert-OH is 1. The van der Waals surface area contributed by atoms with Crippen molar-refractivity contribution in [2.45, 2.75) is 18.5 Å². The normalized spacial score (nSPS) is 28.8. The Morgan fingerprint density at radius 3 is 2.95 bits per heavy atom. The highest BCUT2D eigenvalue weighted by atomic mass is 19.1. The van der Waals surface area contributed by atoms with Crippen molar-refractivity contribution >= 4 is 5.71 Å². The number of alkyl halides is 1. The third-order valence-corrected chi connectivity index (χ3v) is 2.65. The molecule has 104 valence electrons. The van der Waals surface area contributed by atoms with Gasteiger partial charge in [-0.1, -0.05) is 5.16 Å². The van der Waals surface area contributed by atoms with Gasteiger partial charge in [-0.25, -0.2) is 9.18 Å². The molecule has 1 aromatic rings. The van der Waals surface area contributed by atoms with Crippen molar-refractivity contribution in [2.75, 3.05) is 13.7 Å². The van der Waals surface area contributed by atoms with Crippen LogP contribution in [0.2, 0.25) is 0 Å². The van der Waals surface area contributed by atoms with E-state index in [9.17, 15) is 14.0 Å².